The number of halogens is 1. The standard InChI is InChI=1S/C20H16FN3OS/c1-14-18(23-19(25-14)15-6-3-2-4-7-15)13-26-20-22-10-11-24(20)17-9-5-8-16(21)12-17/h2-12H,13H2,1H3. The van der Waals surface area contributed by atoms with Crippen molar-refractivity contribution < 1.29 is 8.81 Å². The van der Waals surface area contributed by atoms with Gasteiger partial charge in [-0.3, -0.25) is 4.57 Å². The lowest BCUT2D eigenvalue weighted by Crippen LogP contribution is -1.96. The van der Waals surface area contributed by atoms with Crippen molar-refractivity contribution in [3.05, 3.63) is 84.3 Å². The van der Waals surface area contributed by atoms with Crippen LogP contribution in [0.2, 0.25) is 0 Å². The Morgan fingerprint density at radius 2 is 1.96 bits per heavy atom. The lowest BCUT2D eigenvalue weighted by atomic mass is 10.2. The smallest absolute Gasteiger partial charge is 0.226 e. The van der Waals surface area contributed by atoms with Gasteiger partial charge in [-0.2, -0.15) is 0 Å². The van der Waals surface area contributed by atoms with E-state index in [4.69, 9.17) is 4.42 Å². The van der Waals surface area contributed by atoms with E-state index in [9.17, 15) is 4.39 Å². The van der Waals surface area contributed by atoms with Crippen LogP contribution in [0.4, 0.5) is 4.39 Å². The molecule has 0 atom stereocenters. The maximum absolute atomic E-state index is 13.5. The molecule has 4 rings (SSSR count). The molecule has 4 nitrogen and oxygen atoms in total. The van der Waals surface area contributed by atoms with Crippen molar-refractivity contribution in [3.8, 4) is 17.1 Å². The van der Waals surface area contributed by atoms with Gasteiger partial charge < -0.3 is 4.42 Å². The van der Waals surface area contributed by atoms with Crippen LogP contribution in [-0.2, 0) is 5.75 Å². The minimum Gasteiger partial charge on any atom is -0.441 e. The summed E-state index contributed by atoms with van der Waals surface area (Å²) >= 11 is 1.54. The first-order valence-electron chi connectivity index (χ1n) is 8.14. The van der Waals surface area contributed by atoms with E-state index >= 15 is 0 Å². The summed E-state index contributed by atoms with van der Waals surface area (Å²) in [5, 5.41) is 0.777. The number of aryl methyl sites for hydroxylation is 1. The highest BCUT2D eigenvalue weighted by molar-refractivity contribution is 7.98. The molecular weight excluding hydrogens is 349 g/mol. The number of thioether (sulfide) groups is 1. The Kier molecular flexibility index (Phi) is 4.58. The van der Waals surface area contributed by atoms with Crippen LogP contribution in [0, 0.1) is 12.7 Å². The maximum Gasteiger partial charge on any atom is 0.226 e. The molecule has 0 bridgehead atoms. The number of nitrogens with zero attached hydrogens (tertiary/aromatic N) is 3. The number of imidazole rings is 1. The zero-order valence-electron chi connectivity index (χ0n) is 14.1. The lowest BCUT2D eigenvalue weighted by molar-refractivity contribution is 0.540. The largest absolute Gasteiger partial charge is 0.441 e. The van der Waals surface area contributed by atoms with Gasteiger partial charge in [0.2, 0.25) is 5.89 Å². The van der Waals surface area contributed by atoms with Gasteiger partial charge in [-0.1, -0.05) is 36.0 Å². The van der Waals surface area contributed by atoms with E-state index in [0.717, 1.165) is 27.9 Å². The number of hydrogen-bond acceptors (Lipinski definition) is 4. The van der Waals surface area contributed by atoms with Gasteiger partial charge in [0.05, 0.1) is 11.4 Å². The summed E-state index contributed by atoms with van der Waals surface area (Å²) < 4.78 is 21.2. The number of rotatable bonds is 5. The van der Waals surface area contributed by atoms with E-state index < -0.39 is 0 Å². The Labute approximate surface area is 154 Å². The molecule has 0 radical (unpaired) electrons. The number of oxazole rings is 1. The first kappa shape index (κ1) is 16.6. The van der Waals surface area contributed by atoms with E-state index in [1.807, 2.05) is 54.1 Å². The monoisotopic (exact) mass is 365 g/mol. The highest BCUT2D eigenvalue weighted by Crippen LogP contribution is 2.28. The third-order valence-corrected chi connectivity index (χ3v) is 4.92. The summed E-state index contributed by atoms with van der Waals surface area (Å²) in [6.07, 6.45) is 3.53. The van der Waals surface area contributed by atoms with Crippen molar-refractivity contribution in [1.29, 1.82) is 0 Å². The normalized spacial score (nSPS) is 11.0. The van der Waals surface area contributed by atoms with Gasteiger partial charge >= 0.3 is 0 Å². The zero-order chi connectivity index (χ0) is 17.9. The van der Waals surface area contributed by atoms with Crippen molar-refractivity contribution >= 4 is 11.8 Å². The van der Waals surface area contributed by atoms with Gasteiger partial charge in [0, 0.05) is 23.7 Å². The van der Waals surface area contributed by atoms with Crippen LogP contribution >= 0.6 is 11.8 Å². The average molecular weight is 365 g/mol. The summed E-state index contributed by atoms with van der Waals surface area (Å²) in [6.45, 7) is 1.91. The highest BCUT2D eigenvalue weighted by atomic mass is 32.2. The van der Waals surface area contributed by atoms with E-state index in [1.165, 1.54) is 23.9 Å². The van der Waals surface area contributed by atoms with Crippen molar-refractivity contribution in [1.82, 2.24) is 14.5 Å². The van der Waals surface area contributed by atoms with E-state index in [0.29, 0.717) is 11.6 Å². The zero-order valence-corrected chi connectivity index (χ0v) is 14.9. The van der Waals surface area contributed by atoms with Crippen molar-refractivity contribution in [2.45, 2.75) is 17.8 Å². The Hall–Kier alpha value is -2.86. The molecule has 0 saturated carbocycles. The molecule has 2 aromatic heterocycles. The molecule has 0 unspecified atom stereocenters. The predicted octanol–water partition coefficient (Wildman–Crippen LogP) is 5.27. The Bertz CT molecular complexity index is 1030. The molecule has 2 heterocycles. The third kappa shape index (κ3) is 3.41. The van der Waals surface area contributed by atoms with Gasteiger partial charge in [0.25, 0.3) is 0 Å². The summed E-state index contributed by atoms with van der Waals surface area (Å²) in [5.74, 6) is 1.76. The Balaban J connectivity index is 1.54. The van der Waals surface area contributed by atoms with Crippen LogP contribution in [0.3, 0.4) is 0 Å². The molecule has 130 valence electrons. The molecule has 0 aliphatic carbocycles. The topological polar surface area (TPSA) is 43.9 Å². The van der Waals surface area contributed by atoms with Crippen molar-refractivity contribution in [3.63, 3.8) is 0 Å². The molecule has 0 amide bonds. The molecule has 6 heteroatoms. The van der Waals surface area contributed by atoms with E-state index in [1.54, 1.807) is 12.3 Å². The number of benzene rings is 2. The molecule has 0 fully saturated rings. The summed E-state index contributed by atoms with van der Waals surface area (Å²) in [5.41, 5.74) is 2.57. The van der Waals surface area contributed by atoms with Crippen molar-refractivity contribution in [2.75, 3.05) is 0 Å². The predicted molar refractivity (Wildman–Crippen MR) is 99.8 cm³/mol. The van der Waals surface area contributed by atoms with Crippen LogP contribution in [-0.4, -0.2) is 14.5 Å². The maximum atomic E-state index is 13.5. The van der Waals surface area contributed by atoms with Gasteiger partial charge in [0.15, 0.2) is 5.16 Å². The van der Waals surface area contributed by atoms with Crippen LogP contribution in [0.15, 0.2) is 76.6 Å². The van der Waals surface area contributed by atoms with Gasteiger partial charge in [-0.05, 0) is 37.3 Å². The van der Waals surface area contributed by atoms with Crippen LogP contribution in [0.25, 0.3) is 17.1 Å². The van der Waals surface area contributed by atoms with Crippen LogP contribution < -0.4 is 0 Å². The fraction of sp³-hybridized carbons (Fsp3) is 0.100. The Morgan fingerprint density at radius 1 is 1.12 bits per heavy atom. The second-order valence-electron chi connectivity index (χ2n) is 5.74. The third-order valence-electron chi connectivity index (χ3n) is 3.94. The number of aromatic nitrogens is 3. The fourth-order valence-corrected chi connectivity index (χ4v) is 3.59. The Morgan fingerprint density at radius 3 is 2.77 bits per heavy atom. The molecular formula is C20H16FN3OS. The second-order valence-corrected chi connectivity index (χ2v) is 6.68. The SMILES string of the molecule is Cc1oc(-c2ccccc2)nc1CSc1nccn1-c1cccc(F)c1. The molecule has 2 aromatic carbocycles. The van der Waals surface area contributed by atoms with Crippen LogP contribution in [0.5, 0.6) is 0 Å². The molecule has 0 saturated heterocycles. The second kappa shape index (κ2) is 7.17. The molecule has 0 aliphatic rings. The fourth-order valence-electron chi connectivity index (χ4n) is 2.62. The molecule has 26 heavy (non-hydrogen) atoms. The lowest BCUT2D eigenvalue weighted by Gasteiger charge is -2.07. The number of hydrogen-bond donors (Lipinski definition) is 0. The molecule has 0 spiro atoms. The van der Waals surface area contributed by atoms with Crippen LogP contribution in [0.1, 0.15) is 11.5 Å². The van der Waals surface area contributed by atoms with Gasteiger partial charge in [-0.15, -0.1) is 0 Å². The minimum absolute atomic E-state index is 0.271. The highest BCUT2D eigenvalue weighted by Gasteiger charge is 2.13. The minimum atomic E-state index is -0.271. The first-order chi connectivity index (χ1) is 12.7. The molecule has 4 aromatic rings. The molecule has 0 aliphatic heterocycles. The summed E-state index contributed by atoms with van der Waals surface area (Å²) in [4.78, 5) is 8.99. The first-order valence-corrected chi connectivity index (χ1v) is 9.13. The molecule has 0 N–H and O–H groups in total. The van der Waals surface area contributed by atoms with Crippen molar-refractivity contribution in [2.24, 2.45) is 0 Å². The van der Waals surface area contributed by atoms with E-state index in [2.05, 4.69) is 9.97 Å². The summed E-state index contributed by atoms with van der Waals surface area (Å²) in [6, 6.07) is 16.3. The van der Waals surface area contributed by atoms with Gasteiger partial charge in [0.1, 0.15) is 11.6 Å². The van der Waals surface area contributed by atoms with E-state index in [-0.39, 0.29) is 5.82 Å². The summed E-state index contributed by atoms with van der Waals surface area (Å²) in [7, 11) is 0. The quantitative estimate of drug-likeness (QED) is 0.452. The van der Waals surface area contributed by atoms with Gasteiger partial charge in [-0.25, -0.2) is 14.4 Å². The average Bonchev–Trinajstić information content (AvgIpc) is 3.27.